The highest BCUT2D eigenvalue weighted by Gasteiger charge is 2.07. The quantitative estimate of drug-likeness (QED) is 0.634. The number of benzene rings is 2. The lowest BCUT2D eigenvalue weighted by Gasteiger charge is -2.09. The van der Waals surface area contributed by atoms with Crippen molar-refractivity contribution in [3.05, 3.63) is 77.4 Å². The van der Waals surface area contributed by atoms with Crippen LogP contribution in [0.4, 0.5) is 17.2 Å². The van der Waals surface area contributed by atoms with Crippen LogP contribution in [0.5, 0.6) is 5.75 Å². The molecule has 0 bridgehead atoms. The van der Waals surface area contributed by atoms with E-state index in [-0.39, 0.29) is 5.91 Å². The van der Waals surface area contributed by atoms with E-state index >= 15 is 0 Å². The molecule has 2 N–H and O–H groups in total. The van der Waals surface area contributed by atoms with Gasteiger partial charge in [-0.25, -0.2) is 4.98 Å². The average molecular weight is 368 g/mol. The lowest BCUT2D eigenvalue weighted by atomic mass is 10.2. The maximum absolute atomic E-state index is 12.3. The summed E-state index contributed by atoms with van der Waals surface area (Å²) in [5.41, 5.74) is 1.98. The van der Waals surface area contributed by atoms with Crippen LogP contribution in [0.3, 0.4) is 0 Å². The van der Waals surface area contributed by atoms with Crippen molar-refractivity contribution in [2.24, 2.45) is 0 Å². The molecule has 0 unspecified atom stereocenters. The first-order valence-corrected chi connectivity index (χ1v) is 8.54. The zero-order chi connectivity index (χ0) is 18.4. The summed E-state index contributed by atoms with van der Waals surface area (Å²) in [5, 5.41) is 6.53. The summed E-state index contributed by atoms with van der Waals surface area (Å²) in [7, 11) is 0. The first kappa shape index (κ1) is 17.8. The van der Waals surface area contributed by atoms with Gasteiger partial charge in [0.05, 0.1) is 12.2 Å². The van der Waals surface area contributed by atoms with Gasteiger partial charge in [0, 0.05) is 22.6 Å². The second-order valence-electron chi connectivity index (χ2n) is 5.48. The first-order valence-electron chi connectivity index (χ1n) is 8.17. The number of pyridine rings is 1. The maximum Gasteiger partial charge on any atom is 0.257 e. The topological polar surface area (TPSA) is 63.2 Å². The summed E-state index contributed by atoms with van der Waals surface area (Å²) in [6.07, 6.45) is 1.52. The number of nitrogens with one attached hydrogen (secondary N) is 2. The smallest absolute Gasteiger partial charge is 0.257 e. The van der Waals surface area contributed by atoms with Crippen molar-refractivity contribution in [2.45, 2.75) is 6.92 Å². The summed E-state index contributed by atoms with van der Waals surface area (Å²) in [6, 6.07) is 18.1. The van der Waals surface area contributed by atoms with Crippen molar-refractivity contribution in [3.63, 3.8) is 0 Å². The van der Waals surface area contributed by atoms with Crippen molar-refractivity contribution < 1.29 is 9.53 Å². The minimum atomic E-state index is -0.243. The summed E-state index contributed by atoms with van der Waals surface area (Å²) in [5.74, 6) is 1.22. The van der Waals surface area contributed by atoms with Crippen LogP contribution in [0.1, 0.15) is 17.3 Å². The Morgan fingerprint density at radius 3 is 2.54 bits per heavy atom. The van der Waals surface area contributed by atoms with Crippen LogP contribution in [0.25, 0.3) is 0 Å². The molecule has 2 aromatic carbocycles. The lowest BCUT2D eigenvalue weighted by molar-refractivity contribution is 0.102. The van der Waals surface area contributed by atoms with Gasteiger partial charge in [0.25, 0.3) is 5.91 Å². The Hall–Kier alpha value is -3.05. The molecule has 0 saturated heterocycles. The number of ether oxygens (including phenoxy) is 1. The fourth-order valence-corrected chi connectivity index (χ4v) is 2.51. The second kappa shape index (κ2) is 8.36. The highest BCUT2D eigenvalue weighted by Crippen LogP contribution is 2.20. The number of carbonyl (C=O) groups excluding carboxylic acids is 1. The predicted molar refractivity (Wildman–Crippen MR) is 105 cm³/mol. The largest absolute Gasteiger partial charge is 0.494 e. The molecule has 0 aliphatic rings. The second-order valence-corrected chi connectivity index (χ2v) is 5.92. The number of aromatic nitrogens is 1. The summed E-state index contributed by atoms with van der Waals surface area (Å²) in [4.78, 5) is 16.5. The van der Waals surface area contributed by atoms with Crippen molar-refractivity contribution in [3.8, 4) is 5.75 Å². The molecule has 5 nitrogen and oxygen atoms in total. The number of amides is 1. The third-order valence-corrected chi connectivity index (χ3v) is 3.78. The van der Waals surface area contributed by atoms with Gasteiger partial charge < -0.3 is 15.4 Å². The fourth-order valence-electron chi connectivity index (χ4n) is 2.32. The number of hydrogen-bond donors (Lipinski definition) is 2. The Bertz CT molecular complexity index is 880. The van der Waals surface area contributed by atoms with Gasteiger partial charge >= 0.3 is 0 Å². The van der Waals surface area contributed by atoms with E-state index in [2.05, 4.69) is 15.6 Å². The van der Waals surface area contributed by atoms with Gasteiger partial charge in [-0.2, -0.15) is 0 Å². The van der Waals surface area contributed by atoms with E-state index in [1.54, 1.807) is 36.4 Å². The van der Waals surface area contributed by atoms with Crippen molar-refractivity contribution in [1.82, 2.24) is 4.98 Å². The molecule has 1 aromatic heterocycles. The normalized spacial score (nSPS) is 10.2. The van der Waals surface area contributed by atoms with E-state index in [9.17, 15) is 4.79 Å². The van der Waals surface area contributed by atoms with E-state index in [4.69, 9.17) is 16.3 Å². The molecular weight excluding hydrogens is 350 g/mol. The molecule has 0 spiro atoms. The van der Waals surface area contributed by atoms with Crippen LogP contribution >= 0.6 is 11.6 Å². The van der Waals surface area contributed by atoms with Gasteiger partial charge in [-0.15, -0.1) is 0 Å². The molecule has 0 aliphatic heterocycles. The average Bonchev–Trinajstić information content (AvgIpc) is 2.64. The molecular formula is C20H18ClN3O2. The fraction of sp³-hybridized carbons (Fsp3) is 0.100. The Morgan fingerprint density at radius 1 is 1.08 bits per heavy atom. The third kappa shape index (κ3) is 4.74. The summed E-state index contributed by atoms with van der Waals surface area (Å²) in [6.45, 7) is 2.58. The van der Waals surface area contributed by atoms with Crippen molar-refractivity contribution in [1.29, 1.82) is 0 Å². The first-order chi connectivity index (χ1) is 12.6. The highest BCUT2D eigenvalue weighted by molar-refractivity contribution is 6.30. The van der Waals surface area contributed by atoms with Gasteiger partial charge in [-0.3, -0.25) is 4.79 Å². The van der Waals surface area contributed by atoms with Crippen molar-refractivity contribution >= 4 is 34.7 Å². The maximum atomic E-state index is 12.3. The van der Waals surface area contributed by atoms with Gasteiger partial charge in [0.15, 0.2) is 0 Å². The van der Waals surface area contributed by atoms with Gasteiger partial charge in [0.2, 0.25) is 0 Å². The highest BCUT2D eigenvalue weighted by atomic mass is 35.5. The zero-order valence-corrected chi connectivity index (χ0v) is 15.0. The molecule has 0 aliphatic carbocycles. The van der Waals surface area contributed by atoms with Gasteiger partial charge in [-0.05, 0) is 61.5 Å². The molecule has 0 radical (unpaired) electrons. The van der Waals surface area contributed by atoms with E-state index in [1.807, 2.05) is 31.2 Å². The third-order valence-electron chi connectivity index (χ3n) is 3.55. The minimum Gasteiger partial charge on any atom is -0.494 e. The standard InChI is InChI=1S/C20H18ClN3O2/c1-2-26-18-9-7-16(8-10-18)23-19-11-6-14(13-22-19)20(25)24-17-5-3-4-15(21)12-17/h3-13H,2H2,1H3,(H,22,23)(H,24,25). The molecule has 26 heavy (non-hydrogen) atoms. The number of hydrogen-bond acceptors (Lipinski definition) is 4. The van der Waals surface area contributed by atoms with Crippen LogP contribution in [-0.4, -0.2) is 17.5 Å². The van der Waals surface area contributed by atoms with E-state index in [0.717, 1.165) is 11.4 Å². The van der Waals surface area contributed by atoms with Crippen LogP contribution in [-0.2, 0) is 0 Å². The monoisotopic (exact) mass is 367 g/mol. The summed E-state index contributed by atoms with van der Waals surface area (Å²) < 4.78 is 5.41. The lowest BCUT2D eigenvalue weighted by Crippen LogP contribution is -2.12. The number of rotatable bonds is 6. The zero-order valence-electron chi connectivity index (χ0n) is 14.2. The predicted octanol–water partition coefficient (Wildman–Crippen LogP) is 5.13. The molecule has 1 heterocycles. The molecule has 3 aromatic rings. The molecule has 6 heteroatoms. The molecule has 0 atom stereocenters. The van der Waals surface area contributed by atoms with Crippen LogP contribution in [0.2, 0.25) is 5.02 Å². The molecule has 0 fully saturated rings. The Labute approximate surface area is 157 Å². The Balaban J connectivity index is 1.63. The Kier molecular flexibility index (Phi) is 5.71. The SMILES string of the molecule is CCOc1ccc(Nc2ccc(C(=O)Nc3cccc(Cl)c3)cn2)cc1. The van der Waals surface area contributed by atoms with Gasteiger partial charge in [-0.1, -0.05) is 17.7 Å². The number of nitrogens with zero attached hydrogens (tertiary/aromatic N) is 1. The summed E-state index contributed by atoms with van der Waals surface area (Å²) >= 11 is 5.92. The van der Waals surface area contributed by atoms with E-state index in [1.165, 1.54) is 6.20 Å². The van der Waals surface area contributed by atoms with Crippen molar-refractivity contribution in [2.75, 3.05) is 17.2 Å². The molecule has 1 amide bonds. The van der Waals surface area contributed by atoms with E-state index < -0.39 is 0 Å². The number of halogens is 1. The molecule has 132 valence electrons. The van der Waals surface area contributed by atoms with Crippen LogP contribution in [0, 0.1) is 0 Å². The number of anilines is 3. The van der Waals surface area contributed by atoms with Crippen LogP contribution < -0.4 is 15.4 Å². The number of carbonyl (C=O) groups is 1. The van der Waals surface area contributed by atoms with Crippen LogP contribution in [0.15, 0.2) is 66.9 Å². The van der Waals surface area contributed by atoms with E-state index in [0.29, 0.717) is 28.7 Å². The molecule has 0 saturated carbocycles. The minimum absolute atomic E-state index is 0.243. The Morgan fingerprint density at radius 2 is 1.88 bits per heavy atom. The molecule has 3 rings (SSSR count). The van der Waals surface area contributed by atoms with Gasteiger partial charge in [0.1, 0.15) is 11.6 Å².